The van der Waals surface area contributed by atoms with Crippen LogP contribution < -0.4 is 10.3 Å². The molecule has 0 unspecified atom stereocenters. The minimum Gasteiger partial charge on any atom is -0.468 e. The smallest absolute Gasteiger partial charge is 0.299 e. The molecule has 0 aliphatic carbocycles. The first-order chi connectivity index (χ1) is 7.54. The molecule has 1 aromatic rings. The van der Waals surface area contributed by atoms with E-state index in [1.165, 1.54) is 13.2 Å². The lowest BCUT2D eigenvalue weighted by Gasteiger charge is -2.13. The van der Waals surface area contributed by atoms with Crippen molar-refractivity contribution in [2.75, 3.05) is 27.7 Å². The van der Waals surface area contributed by atoms with E-state index >= 15 is 0 Å². The maximum Gasteiger partial charge on any atom is 0.299 e. The Balaban J connectivity index is 2.82. The Morgan fingerprint density at radius 1 is 1.50 bits per heavy atom. The molecule has 0 radical (unpaired) electrons. The minimum absolute atomic E-state index is 0.0527. The van der Waals surface area contributed by atoms with Crippen molar-refractivity contribution in [3.63, 3.8) is 0 Å². The van der Waals surface area contributed by atoms with Crippen molar-refractivity contribution >= 4 is 0 Å². The van der Waals surface area contributed by atoms with E-state index in [0.717, 1.165) is 13.0 Å². The molecule has 0 spiro atoms. The Morgan fingerprint density at radius 2 is 2.19 bits per heavy atom. The van der Waals surface area contributed by atoms with E-state index in [0.29, 0.717) is 18.2 Å². The summed E-state index contributed by atoms with van der Waals surface area (Å²) in [7, 11) is 5.55. The fraction of sp³-hybridized carbons (Fsp3) is 0.636. The maximum atomic E-state index is 11.7. The topological polar surface area (TPSA) is 47.4 Å². The second-order valence-corrected chi connectivity index (χ2v) is 4.03. The first-order valence-electron chi connectivity index (χ1n) is 5.32. The highest BCUT2D eigenvalue weighted by Crippen LogP contribution is 2.05. The zero-order valence-electron chi connectivity index (χ0n) is 10.4. The quantitative estimate of drug-likeness (QED) is 0.732. The van der Waals surface area contributed by atoms with Gasteiger partial charge >= 0.3 is 0 Å². The second-order valence-electron chi connectivity index (χ2n) is 4.03. The number of hydrogen-bond donors (Lipinski definition) is 0. The summed E-state index contributed by atoms with van der Waals surface area (Å²) >= 11 is 0. The van der Waals surface area contributed by atoms with Crippen LogP contribution in [0.25, 0.3) is 0 Å². The monoisotopic (exact) mass is 225 g/mol. The van der Waals surface area contributed by atoms with Gasteiger partial charge in [-0.15, -0.1) is 0 Å². The number of aromatic nitrogens is 2. The van der Waals surface area contributed by atoms with Crippen molar-refractivity contribution in [3.05, 3.63) is 22.1 Å². The molecule has 16 heavy (non-hydrogen) atoms. The molecule has 0 fully saturated rings. The lowest BCUT2D eigenvalue weighted by Crippen LogP contribution is -2.24. The molecule has 0 aromatic carbocycles. The molecule has 0 aliphatic heterocycles. The van der Waals surface area contributed by atoms with Crippen molar-refractivity contribution in [2.45, 2.75) is 19.9 Å². The number of methoxy groups -OCH3 is 1. The summed E-state index contributed by atoms with van der Waals surface area (Å²) in [5.74, 6) is 0. The van der Waals surface area contributed by atoms with Crippen LogP contribution in [0.4, 0.5) is 0 Å². The van der Waals surface area contributed by atoms with E-state index in [1.807, 2.05) is 14.1 Å². The minimum atomic E-state index is -0.0527. The van der Waals surface area contributed by atoms with Gasteiger partial charge in [-0.3, -0.25) is 9.36 Å². The van der Waals surface area contributed by atoms with Crippen LogP contribution in [0.15, 0.2) is 10.9 Å². The largest absolute Gasteiger partial charge is 0.468 e. The average molecular weight is 225 g/mol. The van der Waals surface area contributed by atoms with Gasteiger partial charge in [0, 0.05) is 18.3 Å². The van der Waals surface area contributed by atoms with Crippen LogP contribution in [0, 0.1) is 6.92 Å². The third-order valence-corrected chi connectivity index (χ3v) is 2.27. The van der Waals surface area contributed by atoms with E-state index < -0.39 is 0 Å². The van der Waals surface area contributed by atoms with Gasteiger partial charge < -0.3 is 9.64 Å². The molecule has 90 valence electrons. The third kappa shape index (κ3) is 3.34. The normalized spacial score (nSPS) is 10.8. The molecule has 0 N–H and O–H groups in total. The summed E-state index contributed by atoms with van der Waals surface area (Å²) in [4.78, 5) is 18.0. The van der Waals surface area contributed by atoms with Crippen molar-refractivity contribution in [2.24, 2.45) is 0 Å². The molecule has 0 aliphatic rings. The predicted molar refractivity (Wildman–Crippen MR) is 63.0 cm³/mol. The van der Waals surface area contributed by atoms with Crippen molar-refractivity contribution in [1.29, 1.82) is 0 Å². The fourth-order valence-corrected chi connectivity index (χ4v) is 1.50. The van der Waals surface area contributed by atoms with Crippen LogP contribution in [0.1, 0.15) is 12.1 Å². The lowest BCUT2D eigenvalue weighted by molar-refractivity contribution is 0.329. The second kappa shape index (κ2) is 5.65. The Hall–Kier alpha value is -1.36. The van der Waals surface area contributed by atoms with Gasteiger partial charge in [0.05, 0.1) is 7.11 Å². The van der Waals surface area contributed by atoms with Crippen molar-refractivity contribution in [3.8, 4) is 6.01 Å². The Kier molecular flexibility index (Phi) is 4.49. The van der Waals surface area contributed by atoms with E-state index in [-0.39, 0.29) is 5.56 Å². The predicted octanol–water partition coefficient (Wildman–Crippen LogP) is 0.512. The van der Waals surface area contributed by atoms with Gasteiger partial charge in [-0.25, -0.2) is 4.98 Å². The molecule has 1 aromatic heterocycles. The molecular formula is C11H19N3O2. The van der Waals surface area contributed by atoms with E-state index in [2.05, 4.69) is 9.88 Å². The summed E-state index contributed by atoms with van der Waals surface area (Å²) in [6.07, 6.45) is 0.897. The number of rotatable bonds is 5. The first-order valence-corrected chi connectivity index (χ1v) is 5.32. The number of nitrogens with zero attached hydrogens (tertiary/aromatic N) is 3. The van der Waals surface area contributed by atoms with Gasteiger partial charge in [-0.1, -0.05) is 0 Å². The van der Waals surface area contributed by atoms with E-state index in [4.69, 9.17) is 4.74 Å². The van der Waals surface area contributed by atoms with Crippen LogP contribution in [0.2, 0.25) is 0 Å². The van der Waals surface area contributed by atoms with E-state index in [9.17, 15) is 4.79 Å². The SMILES string of the molecule is COc1nc(C)cc(=O)n1CCCN(C)C. The highest BCUT2D eigenvalue weighted by Gasteiger charge is 2.06. The molecule has 0 saturated carbocycles. The van der Waals surface area contributed by atoms with E-state index in [1.54, 1.807) is 11.5 Å². The molecular weight excluding hydrogens is 206 g/mol. The zero-order valence-corrected chi connectivity index (χ0v) is 10.4. The van der Waals surface area contributed by atoms with Crippen LogP contribution in [-0.2, 0) is 6.54 Å². The molecule has 5 heteroatoms. The van der Waals surface area contributed by atoms with Crippen LogP contribution in [0.5, 0.6) is 6.01 Å². The Labute approximate surface area is 95.7 Å². The number of ether oxygens (including phenoxy) is 1. The Bertz CT molecular complexity index is 399. The number of aryl methyl sites for hydroxylation is 1. The summed E-state index contributed by atoms with van der Waals surface area (Å²) in [6, 6.07) is 1.92. The highest BCUT2D eigenvalue weighted by molar-refractivity contribution is 5.06. The zero-order chi connectivity index (χ0) is 12.1. The maximum absolute atomic E-state index is 11.7. The fourth-order valence-electron chi connectivity index (χ4n) is 1.50. The highest BCUT2D eigenvalue weighted by atomic mass is 16.5. The molecule has 1 rings (SSSR count). The van der Waals surface area contributed by atoms with Gasteiger partial charge in [-0.2, -0.15) is 0 Å². The van der Waals surface area contributed by atoms with Gasteiger partial charge in [0.2, 0.25) is 0 Å². The summed E-state index contributed by atoms with van der Waals surface area (Å²) in [5, 5.41) is 0. The molecule has 0 amide bonds. The van der Waals surface area contributed by atoms with Gasteiger partial charge in [-0.05, 0) is 34.0 Å². The average Bonchev–Trinajstić information content (AvgIpc) is 2.20. The first kappa shape index (κ1) is 12.7. The van der Waals surface area contributed by atoms with Crippen LogP contribution >= 0.6 is 0 Å². The van der Waals surface area contributed by atoms with Gasteiger partial charge in [0.25, 0.3) is 11.6 Å². The van der Waals surface area contributed by atoms with Crippen LogP contribution in [0.3, 0.4) is 0 Å². The number of hydrogen-bond acceptors (Lipinski definition) is 4. The Morgan fingerprint density at radius 3 is 2.75 bits per heavy atom. The molecule has 5 nitrogen and oxygen atoms in total. The lowest BCUT2D eigenvalue weighted by atomic mass is 10.4. The van der Waals surface area contributed by atoms with Crippen LogP contribution in [-0.4, -0.2) is 42.2 Å². The van der Waals surface area contributed by atoms with Gasteiger partial charge in [0.1, 0.15) is 0 Å². The molecule has 0 saturated heterocycles. The summed E-state index contributed by atoms with van der Waals surface area (Å²) in [5.41, 5.74) is 0.633. The van der Waals surface area contributed by atoms with Crippen molar-refractivity contribution in [1.82, 2.24) is 14.5 Å². The summed E-state index contributed by atoms with van der Waals surface area (Å²) < 4.78 is 6.67. The molecule has 1 heterocycles. The standard InChI is InChI=1S/C11H19N3O2/c1-9-8-10(15)14(11(12-9)16-4)7-5-6-13(2)3/h8H,5-7H2,1-4H3. The molecule has 0 bridgehead atoms. The molecule has 0 atom stereocenters. The van der Waals surface area contributed by atoms with Crippen molar-refractivity contribution < 1.29 is 4.74 Å². The van der Waals surface area contributed by atoms with Gasteiger partial charge in [0.15, 0.2) is 0 Å². The third-order valence-electron chi connectivity index (χ3n) is 2.27. The summed E-state index contributed by atoms with van der Waals surface area (Å²) in [6.45, 7) is 3.35.